The van der Waals surface area contributed by atoms with Crippen molar-refractivity contribution in [3.05, 3.63) is 51.5 Å². The van der Waals surface area contributed by atoms with Crippen molar-refractivity contribution in [1.82, 2.24) is 5.32 Å². The van der Waals surface area contributed by atoms with Gasteiger partial charge < -0.3 is 14.8 Å². The fraction of sp³-hybridized carbons (Fsp3) is 0.312. The fourth-order valence-electron chi connectivity index (χ4n) is 2.02. The Hall–Kier alpha value is -1.92. The summed E-state index contributed by atoms with van der Waals surface area (Å²) in [7, 11) is 2.98. The second kappa shape index (κ2) is 7.38. The molecule has 0 unspecified atom stereocenters. The molecule has 2 aromatic rings. The standard InChI is InChI=1S/C16H18FNO3S/c1-10-4-7-15(22-10)14(21-3)9-18-16(19)11-5-6-13(20-2)12(17)8-11/h4-8,14H,9H2,1-3H3,(H,18,19)/t14-/m0/s1. The van der Waals surface area contributed by atoms with Gasteiger partial charge in [0, 0.05) is 29.0 Å². The lowest BCUT2D eigenvalue weighted by Crippen LogP contribution is -2.28. The van der Waals surface area contributed by atoms with Crippen LogP contribution in [0.5, 0.6) is 5.75 Å². The van der Waals surface area contributed by atoms with E-state index in [-0.39, 0.29) is 23.3 Å². The number of hydrogen-bond acceptors (Lipinski definition) is 4. The molecule has 0 aliphatic rings. The lowest BCUT2D eigenvalue weighted by Gasteiger charge is -2.15. The molecule has 2 rings (SSSR count). The number of benzene rings is 1. The number of nitrogens with one attached hydrogen (secondary N) is 1. The molecule has 22 heavy (non-hydrogen) atoms. The van der Waals surface area contributed by atoms with Gasteiger partial charge in [0.25, 0.3) is 5.91 Å². The highest BCUT2D eigenvalue weighted by molar-refractivity contribution is 7.12. The fourth-order valence-corrected chi connectivity index (χ4v) is 2.98. The van der Waals surface area contributed by atoms with Crippen molar-refractivity contribution in [2.45, 2.75) is 13.0 Å². The SMILES string of the molecule is COc1ccc(C(=O)NC[C@H](OC)c2ccc(C)s2)cc1F. The Labute approximate surface area is 132 Å². The van der Waals surface area contributed by atoms with E-state index in [2.05, 4.69) is 5.32 Å². The highest BCUT2D eigenvalue weighted by Crippen LogP contribution is 2.24. The molecule has 4 nitrogen and oxygen atoms in total. The lowest BCUT2D eigenvalue weighted by molar-refractivity contribution is 0.0837. The topological polar surface area (TPSA) is 47.6 Å². The van der Waals surface area contributed by atoms with E-state index in [1.807, 2.05) is 19.1 Å². The maximum Gasteiger partial charge on any atom is 0.251 e. The summed E-state index contributed by atoms with van der Waals surface area (Å²) in [5.74, 6) is -0.801. The third-order valence-corrected chi connectivity index (χ3v) is 4.32. The van der Waals surface area contributed by atoms with Crippen LogP contribution in [0.15, 0.2) is 30.3 Å². The number of amides is 1. The summed E-state index contributed by atoms with van der Waals surface area (Å²) in [6.07, 6.45) is -0.217. The Morgan fingerprint density at radius 3 is 2.64 bits per heavy atom. The Balaban J connectivity index is 2.01. The van der Waals surface area contributed by atoms with Crippen molar-refractivity contribution >= 4 is 17.2 Å². The molecule has 1 N–H and O–H groups in total. The maximum atomic E-state index is 13.6. The number of ether oxygens (including phenoxy) is 2. The van der Waals surface area contributed by atoms with Crippen molar-refractivity contribution in [1.29, 1.82) is 0 Å². The molecule has 0 spiro atoms. The van der Waals surface area contributed by atoms with E-state index in [1.54, 1.807) is 18.4 Å². The summed E-state index contributed by atoms with van der Waals surface area (Å²) >= 11 is 1.62. The molecule has 0 aliphatic heterocycles. The second-order valence-corrected chi connectivity index (χ2v) is 6.05. The van der Waals surface area contributed by atoms with Crippen LogP contribution < -0.4 is 10.1 Å². The molecule has 0 radical (unpaired) electrons. The lowest BCUT2D eigenvalue weighted by atomic mass is 10.2. The van der Waals surface area contributed by atoms with Gasteiger partial charge in [0.1, 0.15) is 6.10 Å². The first-order chi connectivity index (χ1) is 10.5. The zero-order chi connectivity index (χ0) is 16.1. The maximum absolute atomic E-state index is 13.6. The molecule has 118 valence electrons. The molecular formula is C16H18FNO3S. The number of carbonyl (C=O) groups is 1. The van der Waals surface area contributed by atoms with E-state index in [4.69, 9.17) is 9.47 Å². The molecule has 1 heterocycles. The van der Waals surface area contributed by atoms with E-state index >= 15 is 0 Å². The first-order valence-electron chi connectivity index (χ1n) is 6.76. The van der Waals surface area contributed by atoms with Gasteiger partial charge in [0.15, 0.2) is 11.6 Å². The van der Waals surface area contributed by atoms with Crippen LogP contribution in [-0.4, -0.2) is 26.7 Å². The Bertz CT molecular complexity index is 657. The van der Waals surface area contributed by atoms with Crippen molar-refractivity contribution < 1.29 is 18.7 Å². The number of carbonyl (C=O) groups excluding carboxylic acids is 1. The summed E-state index contributed by atoms with van der Waals surface area (Å²) in [4.78, 5) is 14.3. The summed E-state index contributed by atoms with van der Waals surface area (Å²) in [5.41, 5.74) is 0.246. The molecule has 0 bridgehead atoms. The van der Waals surface area contributed by atoms with E-state index in [1.165, 1.54) is 24.1 Å². The Morgan fingerprint density at radius 1 is 1.32 bits per heavy atom. The van der Waals surface area contributed by atoms with E-state index in [9.17, 15) is 9.18 Å². The van der Waals surface area contributed by atoms with Crippen LogP contribution >= 0.6 is 11.3 Å². The number of thiophene rings is 1. The van der Waals surface area contributed by atoms with Crippen LogP contribution in [-0.2, 0) is 4.74 Å². The van der Waals surface area contributed by atoms with Crippen molar-refractivity contribution in [3.8, 4) is 5.75 Å². The van der Waals surface area contributed by atoms with E-state index < -0.39 is 5.82 Å². The zero-order valence-electron chi connectivity index (χ0n) is 12.7. The number of aryl methyl sites for hydroxylation is 1. The second-order valence-electron chi connectivity index (χ2n) is 4.73. The third kappa shape index (κ3) is 3.84. The Kier molecular flexibility index (Phi) is 5.51. The summed E-state index contributed by atoms with van der Waals surface area (Å²) < 4.78 is 23.8. The molecule has 1 atom stereocenters. The minimum atomic E-state index is -0.563. The van der Waals surface area contributed by atoms with Crippen molar-refractivity contribution in [3.63, 3.8) is 0 Å². The summed E-state index contributed by atoms with van der Waals surface area (Å²) in [6.45, 7) is 2.34. The molecule has 1 amide bonds. The van der Waals surface area contributed by atoms with Gasteiger partial charge in [0.2, 0.25) is 0 Å². The predicted octanol–water partition coefficient (Wildman–Crippen LogP) is 3.32. The van der Waals surface area contributed by atoms with Gasteiger partial charge in [-0.3, -0.25) is 4.79 Å². The Morgan fingerprint density at radius 2 is 2.09 bits per heavy atom. The molecule has 0 saturated heterocycles. The van der Waals surface area contributed by atoms with Crippen LogP contribution in [0.1, 0.15) is 26.2 Å². The number of rotatable bonds is 6. The molecule has 1 aromatic heterocycles. The highest BCUT2D eigenvalue weighted by Gasteiger charge is 2.15. The van der Waals surface area contributed by atoms with Gasteiger partial charge in [0.05, 0.1) is 7.11 Å². The zero-order valence-corrected chi connectivity index (χ0v) is 13.5. The monoisotopic (exact) mass is 323 g/mol. The summed E-state index contributed by atoms with van der Waals surface area (Å²) in [6, 6.07) is 8.10. The highest BCUT2D eigenvalue weighted by atomic mass is 32.1. The van der Waals surface area contributed by atoms with Crippen LogP contribution in [0.25, 0.3) is 0 Å². The van der Waals surface area contributed by atoms with Crippen molar-refractivity contribution in [2.24, 2.45) is 0 Å². The first kappa shape index (κ1) is 16.5. The smallest absolute Gasteiger partial charge is 0.251 e. The summed E-state index contributed by atoms with van der Waals surface area (Å²) in [5, 5.41) is 2.76. The predicted molar refractivity (Wildman–Crippen MR) is 84.1 cm³/mol. The minimum absolute atomic E-state index is 0.111. The van der Waals surface area contributed by atoms with Crippen molar-refractivity contribution in [2.75, 3.05) is 20.8 Å². The van der Waals surface area contributed by atoms with Gasteiger partial charge in [-0.25, -0.2) is 4.39 Å². The van der Waals surface area contributed by atoms with Gasteiger partial charge in [-0.05, 0) is 37.3 Å². The van der Waals surface area contributed by atoms with Gasteiger partial charge >= 0.3 is 0 Å². The number of methoxy groups -OCH3 is 2. The third-order valence-electron chi connectivity index (χ3n) is 3.23. The molecule has 0 saturated carbocycles. The van der Waals surface area contributed by atoms with Crippen LogP contribution in [0.4, 0.5) is 4.39 Å². The normalized spacial score (nSPS) is 12.0. The quantitative estimate of drug-likeness (QED) is 0.887. The molecular weight excluding hydrogens is 305 g/mol. The van der Waals surface area contributed by atoms with Crippen LogP contribution in [0, 0.1) is 12.7 Å². The molecule has 6 heteroatoms. The van der Waals surface area contributed by atoms with E-state index in [0.717, 1.165) is 10.9 Å². The average Bonchev–Trinajstić information content (AvgIpc) is 2.94. The van der Waals surface area contributed by atoms with Gasteiger partial charge in [-0.15, -0.1) is 11.3 Å². The van der Waals surface area contributed by atoms with Crippen LogP contribution in [0.2, 0.25) is 0 Å². The largest absolute Gasteiger partial charge is 0.494 e. The van der Waals surface area contributed by atoms with Gasteiger partial charge in [-0.1, -0.05) is 0 Å². The molecule has 1 aromatic carbocycles. The van der Waals surface area contributed by atoms with Gasteiger partial charge in [-0.2, -0.15) is 0 Å². The molecule has 0 fully saturated rings. The molecule has 0 aliphatic carbocycles. The first-order valence-corrected chi connectivity index (χ1v) is 7.57. The number of hydrogen-bond donors (Lipinski definition) is 1. The van der Waals surface area contributed by atoms with E-state index in [0.29, 0.717) is 6.54 Å². The minimum Gasteiger partial charge on any atom is -0.494 e. The number of halogens is 1. The van der Waals surface area contributed by atoms with Crippen LogP contribution in [0.3, 0.4) is 0 Å². The average molecular weight is 323 g/mol.